The molecule has 0 radical (unpaired) electrons. The minimum atomic E-state index is -4.22. The third kappa shape index (κ3) is 3.66. The van der Waals surface area contributed by atoms with Crippen LogP contribution in [0.15, 0.2) is 87.1 Å². The Morgan fingerprint density at radius 2 is 1.77 bits per heavy atom. The van der Waals surface area contributed by atoms with E-state index in [1.165, 1.54) is 36.6 Å². The topological polar surface area (TPSA) is 97.4 Å². The number of hydrogen-bond acceptors (Lipinski definition) is 6. The van der Waals surface area contributed by atoms with Gasteiger partial charge in [0.05, 0.1) is 21.5 Å². The zero-order chi connectivity index (χ0) is 21.3. The summed E-state index contributed by atoms with van der Waals surface area (Å²) in [5.41, 5.74) is 1.07. The summed E-state index contributed by atoms with van der Waals surface area (Å²) in [6.07, 6.45) is 1.33. The second-order valence-corrected chi connectivity index (χ2v) is 8.25. The molecule has 0 fully saturated rings. The number of rotatable bonds is 4. The predicted molar refractivity (Wildman–Crippen MR) is 112 cm³/mol. The van der Waals surface area contributed by atoms with Crippen LogP contribution in [-0.2, 0) is 10.1 Å². The molecule has 0 aliphatic rings. The Morgan fingerprint density at radius 3 is 2.50 bits per heavy atom. The Labute approximate surface area is 176 Å². The van der Waals surface area contributed by atoms with E-state index in [-0.39, 0.29) is 32.2 Å². The molecule has 0 saturated carbocycles. The second kappa shape index (κ2) is 7.67. The molecule has 3 aromatic carbocycles. The average molecular weight is 438 g/mol. The number of nitrogens with zero attached hydrogens (tertiary/aromatic N) is 1. The van der Waals surface area contributed by atoms with Crippen molar-refractivity contribution in [1.82, 2.24) is 0 Å². The van der Waals surface area contributed by atoms with Crippen molar-refractivity contribution in [3.8, 4) is 22.9 Å². The quantitative estimate of drug-likeness (QED) is 0.427. The molecular formula is C22H12ClNO5S. The van der Waals surface area contributed by atoms with Gasteiger partial charge in [0.1, 0.15) is 28.6 Å². The monoisotopic (exact) mass is 437 g/mol. The Hall–Kier alpha value is -3.60. The van der Waals surface area contributed by atoms with Gasteiger partial charge in [0.25, 0.3) is 0 Å². The lowest BCUT2D eigenvalue weighted by atomic mass is 10.1. The smallest absolute Gasteiger partial charge is 0.339 e. The van der Waals surface area contributed by atoms with Gasteiger partial charge in [-0.2, -0.15) is 13.7 Å². The molecule has 1 aromatic heterocycles. The van der Waals surface area contributed by atoms with E-state index < -0.39 is 10.1 Å². The first-order chi connectivity index (χ1) is 14.4. The van der Waals surface area contributed by atoms with Gasteiger partial charge in [-0.3, -0.25) is 4.79 Å². The van der Waals surface area contributed by atoms with Crippen LogP contribution in [0.5, 0.6) is 5.75 Å². The summed E-state index contributed by atoms with van der Waals surface area (Å²) in [5, 5.41) is 9.46. The summed E-state index contributed by atoms with van der Waals surface area (Å²) in [7, 11) is -4.22. The third-order valence-corrected chi connectivity index (χ3v) is 5.96. The average Bonchev–Trinajstić information content (AvgIpc) is 2.74. The first-order valence-corrected chi connectivity index (χ1v) is 10.4. The van der Waals surface area contributed by atoms with Crippen LogP contribution in [0.3, 0.4) is 0 Å². The maximum Gasteiger partial charge on any atom is 0.339 e. The summed E-state index contributed by atoms with van der Waals surface area (Å²) in [6.45, 7) is 0. The lowest BCUT2D eigenvalue weighted by molar-refractivity contribution is 0.485. The Bertz CT molecular complexity index is 1470. The van der Waals surface area contributed by atoms with E-state index in [0.29, 0.717) is 16.5 Å². The molecule has 0 N–H and O–H groups in total. The first-order valence-electron chi connectivity index (χ1n) is 8.64. The lowest BCUT2D eigenvalue weighted by Gasteiger charge is -2.09. The van der Waals surface area contributed by atoms with Gasteiger partial charge in [0, 0.05) is 6.07 Å². The molecular weight excluding hydrogens is 426 g/mol. The maximum absolute atomic E-state index is 12.8. The van der Waals surface area contributed by atoms with Crippen molar-refractivity contribution in [1.29, 1.82) is 5.26 Å². The molecule has 30 heavy (non-hydrogen) atoms. The molecule has 0 bridgehead atoms. The van der Waals surface area contributed by atoms with Crippen molar-refractivity contribution >= 4 is 32.7 Å². The fraction of sp³-hybridized carbons (Fsp3) is 0. The maximum atomic E-state index is 12.8. The molecule has 148 valence electrons. The van der Waals surface area contributed by atoms with E-state index in [0.717, 1.165) is 6.07 Å². The van der Waals surface area contributed by atoms with Crippen LogP contribution in [0.4, 0.5) is 0 Å². The fourth-order valence-electron chi connectivity index (χ4n) is 2.90. The highest BCUT2D eigenvalue weighted by atomic mass is 35.5. The van der Waals surface area contributed by atoms with Crippen LogP contribution in [0.25, 0.3) is 22.1 Å². The van der Waals surface area contributed by atoms with Gasteiger partial charge in [-0.05, 0) is 35.9 Å². The minimum absolute atomic E-state index is 0.0132. The molecule has 4 aromatic rings. The van der Waals surface area contributed by atoms with E-state index in [9.17, 15) is 13.2 Å². The van der Waals surface area contributed by atoms with Crippen molar-refractivity contribution in [2.24, 2.45) is 0 Å². The second-order valence-electron chi connectivity index (χ2n) is 6.29. The van der Waals surface area contributed by atoms with Crippen molar-refractivity contribution in [3.05, 3.63) is 93.8 Å². The molecule has 0 saturated heterocycles. The largest absolute Gasteiger partial charge is 0.463 e. The van der Waals surface area contributed by atoms with Gasteiger partial charge in [-0.15, -0.1) is 0 Å². The number of fused-ring (bicyclic) bond motifs is 1. The first kappa shape index (κ1) is 19.7. The molecule has 1 heterocycles. The normalized spacial score (nSPS) is 11.2. The van der Waals surface area contributed by atoms with E-state index in [1.54, 1.807) is 12.1 Å². The van der Waals surface area contributed by atoms with Crippen molar-refractivity contribution < 1.29 is 17.0 Å². The molecule has 0 aliphatic carbocycles. The number of benzene rings is 3. The summed E-state index contributed by atoms with van der Waals surface area (Å²) in [4.78, 5) is 12.6. The van der Waals surface area contributed by atoms with Gasteiger partial charge in [0.15, 0.2) is 5.43 Å². The molecule has 4 rings (SSSR count). The lowest BCUT2D eigenvalue weighted by Crippen LogP contribution is -2.10. The van der Waals surface area contributed by atoms with Gasteiger partial charge in [0.2, 0.25) is 0 Å². The highest BCUT2D eigenvalue weighted by molar-refractivity contribution is 7.87. The SMILES string of the molecule is N#Cc1cc(S(=O)(=O)Oc2ccc3c(=O)c(-c4ccccc4)coc3c2)ccc1Cl. The van der Waals surface area contributed by atoms with Crippen molar-refractivity contribution in [2.45, 2.75) is 4.90 Å². The molecule has 0 unspecified atom stereocenters. The highest BCUT2D eigenvalue weighted by Gasteiger charge is 2.19. The Morgan fingerprint density at radius 1 is 1.00 bits per heavy atom. The third-order valence-electron chi connectivity index (χ3n) is 4.38. The van der Waals surface area contributed by atoms with Crippen LogP contribution in [0, 0.1) is 11.3 Å². The van der Waals surface area contributed by atoms with E-state index in [1.807, 2.05) is 24.3 Å². The molecule has 8 heteroatoms. The van der Waals surface area contributed by atoms with Gasteiger partial charge in [-0.25, -0.2) is 0 Å². The zero-order valence-electron chi connectivity index (χ0n) is 15.2. The van der Waals surface area contributed by atoms with Crippen LogP contribution in [-0.4, -0.2) is 8.42 Å². The molecule has 0 amide bonds. The van der Waals surface area contributed by atoms with Crippen molar-refractivity contribution in [2.75, 3.05) is 0 Å². The summed E-state index contributed by atoms with van der Waals surface area (Å²) in [5.74, 6) is -0.0356. The summed E-state index contributed by atoms with van der Waals surface area (Å²) >= 11 is 5.84. The van der Waals surface area contributed by atoms with Crippen LogP contribution >= 0.6 is 11.6 Å². The van der Waals surface area contributed by atoms with Crippen LogP contribution in [0.2, 0.25) is 5.02 Å². The van der Waals surface area contributed by atoms with E-state index in [2.05, 4.69) is 0 Å². The zero-order valence-corrected chi connectivity index (χ0v) is 16.8. The Kier molecular flexibility index (Phi) is 5.04. The predicted octanol–water partition coefficient (Wildman–Crippen LogP) is 4.75. The van der Waals surface area contributed by atoms with Gasteiger partial charge >= 0.3 is 10.1 Å². The molecule has 6 nitrogen and oxygen atoms in total. The van der Waals surface area contributed by atoms with Crippen molar-refractivity contribution in [3.63, 3.8) is 0 Å². The Balaban J connectivity index is 1.71. The molecule has 0 atom stereocenters. The van der Waals surface area contributed by atoms with E-state index >= 15 is 0 Å². The van der Waals surface area contributed by atoms with Crippen LogP contribution < -0.4 is 9.61 Å². The van der Waals surface area contributed by atoms with Gasteiger partial charge < -0.3 is 8.60 Å². The standard InChI is InChI=1S/C22H12ClNO5S/c23-20-9-7-17(10-15(20)12-24)30(26,27)29-16-6-8-18-21(11-16)28-13-19(22(18)25)14-4-2-1-3-5-14/h1-11,13H. The summed E-state index contributed by atoms with van der Waals surface area (Å²) in [6, 6.07) is 18.7. The van der Waals surface area contributed by atoms with Crippen LogP contribution in [0.1, 0.15) is 5.56 Å². The van der Waals surface area contributed by atoms with E-state index in [4.69, 9.17) is 25.5 Å². The molecule has 0 aliphatic heterocycles. The number of halogens is 1. The number of nitriles is 1. The van der Waals surface area contributed by atoms with Gasteiger partial charge in [-0.1, -0.05) is 41.9 Å². The molecule has 0 spiro atoms. The summed E-state index contributed by atoms with van der Waals surface area (Å²) < 4.78 is 35.8. The highest BCUT2D eigenvalue weighted by Crippen LogP contribution is 2.26. The fourth-order valence-corrected chi connectivity index (χ4v) is 4.01. The number of hydrogen-bond donors (Lipinski definition) is 0. The minimum Gasteiger partial charge on any atom is -0.463 e.